The number of hydrogen-bond acceptors (Lipinski definition) is 3. The van der Waals surface area contributed by atoms with Crippen LogP contribution >= 0.6 is 12.4 Å². The first-order valence-electron chi connectivity index (χ1n) is 8.97. The first-order chi connectivity index (χ1) is 12.1. The van der Waals surface area contributed by atoms with Crippen molar-refractivity contribution in [3.05, 3.63) is 59.7 Å². The van der Waals surface area contributed by atoms with Gasteiger partial charge >= 0.3 is 0 Å². The van der Waals surface area contributed by atoms with E-state index in [1.165, 1.54) is 0 Å². The number of aryl methyl sites for hydroxylation is 1. The van der Waals surface area contributed by atoms with Crippen LogP contribution in [0, 0.1) is 12.8 Å². The summed E-state index contributed by atoms with van der Waals surface area (Å²) in [6.45, 7) is 5.87. The summed E-state index contributed by atoms with van der Waals surface area (Å²) in [6.07, 6.45) is 1.79. The van der Waals surface area contributed by atoms with Crippen molar-refractivity contribution >= 4 is 24.0 Å². The number of piperidine rings is 1. The number of hydrogen-bond donors (Lipinski definition) is 2. The van der Waals surface area contributed by atoms with Crippen molar-refractivity contribution in [3.63, 3.8) is 0 Å². The minimum atomic E-state index is -0.0178. The van der Waals surface area contributed by atoms with Gasteiger partial charge in [0.25, 0.3) is 0 Å². The molecule has 0 aliphatic carbocycles. The van der Waals surface area contributed by atoms with E-state index in [-0.39, 0.29) is 30.3 Å². The Morgan fingerprint density at radius 3 is 2.50 bits per heavy atom. The van der Waals surface area contributed by atoms with Gasteiger partial charge in [-0.3, -0.25) is 4.79 Å². The van der Waals surface area contributed by atoms with Gasteiger partial charge in [0.2, 0.25) is 5.91 Å². The Balaban J connectivity index is 0.00000243. The molecule has 3 rings (SSSR count). The van der Waals surface area contributed by atoms with Crippen molar-refractivity contribution in [1.82, 2.24) is 5.32 Å². The largest absolute Gasteiger partial charge is 0.486 e. The molecule has 5 heteroatoms. The van der Waals surface area contributed by atoms with Gasteiger partial charge in [0, 0.05) is 11.6 Å². The second kappa shape index (κ2) is 9.60. The fourth-order valence-corrected chi connectivity index (χ4v) is 3.16. The van der Waals surface area contributed by atoms with Crippen LogP contribution in [0.25, 0.3) is 0 Å². The second-order valence-corrected chi connectivity index (χ2v) is 6.66. The Bertz CT molecular complexity index is 715. The molecule has 0 saturated carbocycles. The molecule has 1 heterocycles. The summed E-state index contributed by atoms with van der Waals surface area (Å²) in [5.41, 5.74) is 3.02. The SMILES string of the molecule is Cc1cc(OC(C)c2ccccc2)ccc1NC(=O)C1CCNCC1.Cl. The Labute approximate surface area is 161 Å². The third-order valence-electron chi connectivity index (χ3n) is 4.75. The lowest BCUT2D eigenvalue weighted by atomic mass is 9.97. The molecule has 1 saturated heterocycles. The molecule has 1 unspecified atom stereocenters. The summed E-state index contributed by atoms with van der Waals surface area (Å²) < 4.78 is 6.04. The van der Waals surface area contributed by atoms with Crippen LogP contribution in [-0.4, -0.2) is 19.0 Å². The fraction of sp³-hybridized carbons (Fsp3) is 0.381. The summed E-state index contributed by atoms with van der Waals surface area (Å²) in [4.78, 5) is 12.4. The Morgan fingerprint density at radius 2 is 1.85 bits per heavy atom. The Morgan fingerprint density at radius 1 is 1.15 bits per heavy atom. The van der Waals surface area contributed by atoms with Crippen LogP contribution in [0.1, 0.15) is 37.0 Å². The van der Waals surface area contributed by atoms with E-state index in [0.717, 1.165) is 48.5 Å². The maximum atomic E-state index is 12.4. The Hall–Kier alpha value is -2.04. The maximum Gasteiger partial charge on any atom is 0.227 e. The molecule has 2 aromatic carbocycles. The van der Waals surface area contributed by atoms with Crippen molar-refractivity contribution in [2.45, 2.75) is 32.8 Å². The molecule has 26 heavy (non-hydrogen) atoms. The highest BCUT2D eigenvalue weighted by Crippen LogP contribution is 2.26. The quantitative estimate of drug-likeness (QED) is 0.810. The summed E-state index contributed by atoms with van der Waals surface area (Å²) in [7, 11) is 0. The standard InChI is InChI=1S/C21H26N2O2.ClH/c1-15-14-19(25-16(2)17-6-4-3-5-7-17)8-9-20(15)23-21(24)18-10-12-22-13-11-18;/h3-9,14,16,18,22H,10-13H2,1-2H3,(H,23,24);1H. The molecule has 140 valence electrons. The molecule has 1 aliphatic heterocycles. The highest BCUT2D eigenvalue weighted by Gasteiger charge is 2.21. The lowest BCUT2D eigenvalue weighted by molar-refractivity contribution is -0.120. The highest BCUT2D eigenvalue weighted by atomic mass is 35.5. The molecule has 0 bridgehead atoms. The number of anilines is 1. The van der Waals surface area contributed by atoms with Crippen LogP contribution in [0.3, 0.4) is 0 Å². The van der Waals surface area contributed by atoms with Gasteiger partial charge in [-0.15, -0.1) is 12.4 Å². The second-order valence-electron chi connectivity index (χ2n) is 6.66. The van der Waals surface area contributed by atoms with E-state index in [1.54, 1.807) is 0 Å². The fourth-order valence-electron chi connectivity index (χ4n) is 3.16. The average molecular weight is 375 g/mol. The van der Waals surface area contributed by atoms with Crippen molar-refractivity contribution in [1.29, 1.82) is 0 Å². The molecule has 0 radical (unpaired) electrons. The highest BCUT2D eigenvalue weighted by molar-refractivity contribution is 5.93. The van der Waals surface area contributed by atoms with Crippen LogP contribution in [0.2, 0.25) is 0 Å². The monoisotopic (exact) mass is 374 g/mol. The van der Waals surface area contributed by atoms with E-state index >= 15 is 0 Å². The van der Waals surface area contributed by atoms with E-state index < -0.39 is 0 Å². The molecular weight excluding hydrogens is 348 g/mol. The molecule has 0 spiro atoms. The Kier molecular flexibility index (Phi) is 7.49. The van der Waals surface area contributed by atoms with Gasteiger partial charge in [0.1, 0.15) is 11.9 Å². The van der Waals surface area contributed by atoms with Gasteiger partial charge in [-0.1, -0.05) is 30.3 Å². The summed E-state index contributed by atoms with van der Waals surface area (Å²) in [5, 5.41) is 6.36. The number of nitrogens with one attached hydrogen (secondary N) is 2. The van der Waals surface area contributed by atoms with Crippen LogP contribution < -0.4 is 15.4 Å². The van der Waals surface area contributed by atoms with Gasteiger partial charge < -0.3 is 15.4 Å². The molecule has 1 atom stereocenters. The van der Waals surface area contributed by atoms with Gasteiger partial charge in [0.05, 0.1) is 0 Å². The number of carbonyl (C=O) groups is 1. The van der Waals surface area contributed by atoms with E-state index in [4.69, 9.17) is 4.74 Å². The lowest BCUT2D eigenvalue weighted by Gasteiger charge is -2.22. The minimum Gasteiger partial charge on any atom is -0.486 e. The van der Waals surface area contributed by atoms with Crippen molar-refractivity contribution in [3.8, 4) is 5.75 Å². The molecule has 1 aliphatic rings. The van der Waals surface area contributed by atoms with E-state index in [9.17, 15) is 4.79 Å². The van der Waals surface area contributed by atoms with Gasteiger partial charge in [0.15, 0.2) is 0 Å². The topological polar surface area (TPSA) is 50.4 Å². The van der Waals surface area contributed by atoms with Crippen molar-refractivity contribution in [2.24, 2.45) is 5.92 Å². The third kappa shape index (κ3) is 5.23. The maximum absolute atomic E-state index is 12.4. The van der Waals surface area contributed by atoms with Crippen LogP contribution in [-0.2, 0) is 4.79 Å². The molecule has 1 fully saturated rings. The number of carbonyl (C=O) groups excluding carboxylic acids is 1. The molecular formula is C21H27ClN2O2. The van der Waals surface area contributed by atoms with E-state index in [1.807, 2.05) is 50.2 Å². The number of benzene rings is 2. The zero-order chi connectivity index (χ0) is 17.6. The minimum absolute atomic E-state index is 0. The summed E-state index contributed by atoms with van der Waals surface area (Å²) in [5.74, 6) is 1.04. The van der Waals surface area contributed by atoms with Crippen LogP contribution in [0.15, 0.2) is 48.5 Å². The normalized spacial score (nSPS) is 15.6. The zero-order valence-corrected chi connectivity index (χ0v) is 16.1. The zero-order valence-electron chi connectivity index (χ0n) is 15.3. The summed E-state index contributed by atoms with van der Waals surface area (Å²) >= 11 is 0. The van der Waals surface area contributed by atoms with E-state index in [0.29, 0.717) is 0 Å². The van der Waals surface area contributed by atoms with Gasteiger partial charge in [-0.25, -0.2) is 0 Å². The number of ether oxygens (including phenoxy) is 1. The molecule has 2 N–H and O–H groups in total. The number of rotatable bonds is 5. The average Bonchev–Trinajstić information content (AvgIpc) is 2.65. The van der Waals surface area contributed by atoms with Gasteiger partial charge in [-0.05, 0) is 69.1 Å². The smallest absolute Gasteiger partial charge is 0.227 e. The van der Waals surface area contributed by atoms with Crippen molar-refractivity contribution < 1.29 is 9.53 Å². The number of halogens is 1. The molecule has 1 amide bonds. The lowest BCUT2D eigenvalue weighted by Crippen LogP contribution is -2.34. The van der Waals surface area contributed by atoms with Crippen molar-refractivity contribution in [2.75, 3.05) is 18.4 Å². The molecule has 4 nitrogen and oxygen atoms in total. The molecule has 0 aromatic heterocycles. The third-order valence-corrected chi connectivity index (χ3v) is 4.75. The van der Waals surface area contributed by atoms with Gasteiger partial charge in [-0.2, -0.15) is 0 Å². The first kappa shape index (κ1) is 20.3. The number of amides is 1. The summed E-state index contributed by atoms with van der Waals surface area (Å²) in [6, 6.07) is 16.0. The van der Waals surface area contributed by atoms with Crippen LogP contribution in [0.4, 0.5) is 5.69 Å². The first-order valence-corrected chi connectivity index (χ1v) is 8.97. The molecule has 2 aromatic rings. The predicted octanol–water partition coefficient (Wildman–Crippen LogP) is 4.49. The predicted molar refractivity (Wildman–Crippen MR) is 108 cm³/mol. The van der Waals surface area contributed by atoms with E-state index in [2.05, 4.69) is 22.8 Å². The van der Waals surface area contributed by atoms with Crippen LogP contribution in [0.5, 0.6) is 5.75 Å².